The number of esters is 1. The molecule has 0 fully saturated rings. The van der Waals surface area contributed by atoms with Crippen LogP contribution in [0.3, 0.4) is 0 Å². The molecule has 1 rings (SSSR count). The lowest BCUT2D eigenvalue weighted by Crippen LogP contribution is -2.39. The molecule has 0 bridgehead atoms. The van der Waals surface area contributed by atoms with Crippen molar-refractivity contribution >= 4 is 11.9 Å². The number of hydrogen-bond acceptors (Lipinski definition) is 5. The van der Waals surface area contributed by atoms with E-state index >= 15 is 0 Å². The van der Waals surface area contributed by atoms with Crippen LogP contribution < -0.4 is 11.5 Å². The molecule has 0 aliphatic heterocycles. The zero-order valence-corrected chi connectivity index (χ0v) is 14.3. The van der Waals surface area contributed by atoms with Crippen LogP contribution >= 0.6 is 0 Å². The molecule has 1 aromatic carbocycles. The molecule has 0 saturated carbocycles. The van der Waals surface area contributed by atoms with Crippen LogP contribution in [0.5, 0.6) is 5.75 Å². The van der Waals surface area contributed by atoms with Gasteiger partial charge < -0.3 is 21.3 Å². The van der Waals surface area contributed by atoms with Gasteiger partial charge in [0.2, 0.25) is 5.91 Å². The molecule has 0 saturated heterocycles. The van der Waals surface area contributed by atoms with E-state index in [1.165, 1.54) is 6.08 Å². The third-order valence-electron chi connectivity index (χ3n) is 3.69. The first kappa shape index (κ1) is 19.7. The number of amides is 1. The van der Waals surface area contributed by atoms with Crippen molar-refractivity contribution in [2.75, 3.05) is 0 Å². The number of nitrogens with two attached hydrogens (primary N) is 2. The van der Waals surface area contributed by atoms with Gasteiger partial charge in [0, 0.05) is 5.92 Å². The Morgan fingerprint density at radius 1 is 1.21 bits per heavy atom. The zero-order valence-electron chi connectivity index (χ0n) is 14.3. The minimum Gasteiger partial charge on any atom is -0.508 e. The van der Waals surface area contributed by atoms with Gasteiger partial charge in [0.15, 0.2) is 0 Å². The summed E-state index contributed by atoms with van der Waals surface area (Å²) in [6.45, 7) is 5.71. The molecule has 6 heteroatoms. The van der Waals surface area contributed by atoms with Crippen LogP contribution in [0.2, 0.25) is 0 Å². The lowest BCUT2D eigenvalue weighted by atomic mass is 9.94. The monoisotopic (exact) mass is 334 g/mol. The predicted molar refractivity (Wildman–Crippen MR) is 92.0 cm³/mol. The summed E-state index contributed by atoms with van der Waals surface area (Å²) in [5, 5.41) is 9.27. The van der Waals surface area contributed by atoms with Crippen molar-refractivity contribution < 1.29 is 19.4 Å². The summed E-state index contributed by atoms with van der Waals surface area (Å²) in [4.78, 5) is 23.1. The van der Waals surface area contributed by atoms with Crippen LogP contribution in [0.15, 0.2) is 36.4 Å². The predicted octanol–water partition coefficient (Wildman–Crippen LogP) is 1.51. The van der Waals surface area contributed by atoms with E-state index in [1.54, 1.807) is 30.3 Å². The van der Waals surface area contributed by atoms with Crippen LogP contribution in [0, 0.1) is 11.8 Å². The van der Waals surface area contributed by atoms with Crippen molar-refractivity contribution in [3.63, 3.8) is 0 Å². The fourth-order valence-corrected chi connectivity index (χ4v) is 2.40. The van der Waals surface area contributed by atoms with E-state index in [9.17, 15) is 14.7 Å². The molecule has 0 spiro atoms. The van der Waals surface area contributed by atoms with Crippen molar-refractivity contribution in [2.24, 2.45) is 23.3 Å². The highest BCUT2D eigenvalue weighted by Crippen LogP contribution is 2.19. The highest BCUT2D eigenvalue weighted by Gasteiger charge is 2.26. The number of carbonyl (C=O) groups is 2. The van der Waals surface area contributed by atoms with Gasteiger partial charge in [0.25, 0.3) is 0 Å². The summed E-state index contributed by atoms with van der Waals surface area (Å²) < 4.78 is 5.55. The lowest BCUT2D eigenvalue weighted by Gasteiger charge is -2.27. The Morgan fingerprint density at radius 2 is 1.79 bits per heavy atom. The van der Waals surface area contributed by atoms with Gasteiger partial charge in [-0.3, -0.25) is 9.59 Å². The summed E-state index contributed by atoms with van der Waals surface area (Å²) in [5.74, 6) is -0.990. The maximum atomic E-state index is 12.3. The van der Waals surface area contributed by atoms with Crippen LogP contribution in [0.1, 0.15) is 26.3 Å². The highest BCUT2D eigenvalue weighted by atomic mass is 16.5. The first-order valence-electron chi connectivity index (χ1n) is 7.92. The first-order valence-corrected chi connectivity index (χ1v) is 7.92. The number of phenolic OH excluding ortho intramolecular Hbond substituents is 1. The number of ether oxygens (including phenoxy) is 1. The molecule has 0 aromatic heterocycles. The van der Waals surface area contributed by atoms with Gasteiger partial charge in [0.05, 0.1) is 0 Å². The van der Waals surface area contributed by atoms with Crippen LogP contribution in [-0.2, 0) is 20.7 Å². The fraction of sp³-hybridized carbons (Fsp3) is 0.444. The lowest BCUT2D eigenvalue weighted by molar-refractivity contribution is -0.154. The van der Waals surface area contributed by atoms with E-state index in [1.807, 2.05) is 20.8 Å². The van der Waals surface area contributed by atoms with E-state index in [0.717, 1.165) is 5.56 Å². The number of carbonyl (C=O) groups excluding carboxylic acids is 2. The second kappa shape index (κ2) is 9.08. The number of rotatable bonds is 8. The maximum Gasteiger partial charge on any atom is 0.323 e. The number of phenols is 1. The molecule has 0 aliphatic rings. The second-order valence-corrected chi connectivity index (χ2v) is 6.24. The van der Waals surface area contributed by atoms with Crippen molar-refractivity contribution in [3.8, 4) is 5.75 Å². The quantitative estimate of drug-likeness (QED) is 0.492. The topological polar surface area (TPSA) is 116 Å². The third kappa shape index (κ3) is 6.42. The molecule has 1 amide bonds. The third-order valence-corrected chi connectivity index (χ3v) is 3.69. The summed E-state index contributed by atoms with van der Waals surface area (Å²) in [7, 11) is 0. The Morgan fingerprint density at radius 3 is 2.29 bits per heavy atom. The largest absolute Gasteiger partial charge is 0.508 e. The Balaban J connectivity index is 2.69. The molecule has 1 aromatic rings. The standard InChI is InChI=1S/C18H26N2O4/c1-11(2)17(12(3)4-9-16(20)22)24-18(23)15(19)10-13-5-7-14(21)8-6-13/h4-9,11-12,15,17,21H,10,19H2,1-3H3,(H2,20,22)/b9-4+/t12-,15-,17-/m1/s1. The Kier molecular flexibility index (Phi) is 7.45. The van der Waals surface area contributed by atoms with Gasteiger partial charge in [0.1, 0.15) is 17.9 Å². The SMILES string of the molecule is CC(C)[C@@H](OC(=O)[C@H](N)Cc1ccc(O)cc1)[C@H](C)/C=C/C(N)=O. The summed E-state index contributed by atoms with van der Waals surface area (Å²) >= 11 is 0. The fourth-order valence-electron chi connectivity index (χ4n) is 2.40. The normalized spacial score (nSPS) is 15.2. The summed E-state index contributed by atoms with van der Waals surface area (Å²) in [6, 6.07) is 5.70. The van der Waals surface area contributed by atoms with E-state index in [2.05, 4.69) is 0 Å². The van der Waals surface area contributed by atoms with E-state index in [4.69, 9.17) is 16.2 Å². The smallest absolute Gasteiger partial charge is 0.323 e. The van der Waals surface area contributed by atoms with Gasteiger partial charge >= 0.3 is 5.97 Å². The molecule has 0 aliphatic carbocycles. The van der Waals surface area contributed by atoms with E-state index in [0.29, 0.717) is 6.42 Å². The molecule has 6 nitrogen and oxygen atoms in total. The Bertz CT molecular complexity index is 581. The Labute approximate surface area is 142 Å². The number of hydrogen-bond donors (Lipinski definition) is 3. The van der Waals surface area contributed by atoms with Crippen LogP contribution in [0.4, 0.5) is 0 Å². The molecule has 132 valence electrons. The van der Waals surface area contributed by atoms with Crippen LogP contribution in [0.25, 0.3) is 0 Å². The molecule has 5 N–H and O–H groups in total. The second-order valence-electron chi connectivity index (χ2n) is 6.24. The maximum absolute atomic E-state index is 12.3. The van der Waals surface area contributed by atoms with Gasteiger partial charge in [-0.05, 0) is 36.1 Å². The number of aromatic hydroxyl groups is 1. The minimum atomic E-state index is -0.803. The summed E-state index contributed by atoms with van der Waals surface area (Å²) in [6.07, 6.45) is 2.81. The van der Waals surface area contributed by atoms with Crippen molar-refractivity contribution in [1.29, 1.82) is 0 Å². The highest BCUT2D eigenvalue weighted by molar-refractivity contribution is 5.85. The van der Waals surface area contributed by atoms with E-state index in [-0.39, 0.29) is 17.6 Å². The molecular formula is C18H26N2O4. The first-order chi connectivity index (χ1) is 11.2. The summed E-state index contributed by atoms with van der Waals surface area (Å²) in [5.41, 5.74) is 11.9. The molecule has 3 atom stereocenters. The molecular weight excluding hydrogens is 308 g/mol. The zero-order chi connectivity index (χ0) is 18.3. The van der Waals surface area contributed by atoms with Gasteiger partial charge in [-0.15, -0.1) is 0 Å². The van der Waals surface area contributed by atoms with Crippen molar-refractivity contribution in [2.45, 2.75) is 39.3 Å². The van der Waals surface area contributed by atoms with Gasteiger partial charge in [-0.1, -0.05) is 39.0 Å². The molecule has 24 heavy (non-hydrogen) atoms. The average Bonchev–Trinajstić information content (AvgIpc) is 2.51. The van der Waals surface area contributed by atoms with Crippen LogP contribution in [-0.4, -0.2) is 29.1 Å². The van der Waals surface area contributed by atoms with Crippen molar-refractivity contribution in [3.05, 3.63) is 42.0 Å². The van der Waals surface area contributed by atoms with Crippen molar-refractivity contribution in [1.82, 2.24) is 0 Å². The molecule has 0 radical (unpaired) electrons. The Hall–Kier alpha value is -2.34. The number of primary amides is 1. The van der Waals surface area contributed by atoms with Gasteiger partial charge in [-0.25, -0.2) is 0 Å². The molecule has 0 heterocycles. The average molecular weight is 334 g/mol. The van der Waals surface area contributed by atoms with E-state index < -0.39 is 24.0 Å². The minimum absolute atomic E-state index is 0.0577. The number of benzene rings is 1. The molecule has 0 unspecified atom stereocenters. The van der Waals surface area contributed by atoms with Gasteiger partial charge in [-0.2, -0.15) is 0 Å².